The molecule has 0 amide bonds. The van der Waals surface area contributed by atoms with Gasteiger partial charge in [0.1, 0.15) is 5.82 Å². The van der Waals surface area contributed by atoms with Crippen molar-refractivity contribution in [2.45, 2.75) is 0 Å². The smallest absolute Gasteiger partial charge is 0.145 e. The molecule has 0 aliphatic carbocycles. The van der Waals surface area contributed by atoms with Crippen LogP contribution in [0.2, 0.25) is 0 Å². The van der Waals surface area contributed by atoms with Crippen LogP contribution in [0.1, 0.15) is 20.6 Å². The second-order valence-electron chi connectivity index (χ2n) is 10.9. The summed E-state index contributed by atoms with van der Waals surface area (Å²) in [6.45, 7) is 0. The van der Waals surface area contributed by atoms with Gasteiger partial charge in [0, 0.05) is 11.3 Å². The highest BCUT2D eigenvalue weighted by atomic mass is 15.1. The van der Waals surface area contributed by atoms with Crippen molar-refractivity contribution < 1.29 is 20.6 Å². The van der Waals surface area contributed by atoms with Gasteiger partial charge in [-0.25, -0.2) is 4.98 Å². The van der Waals surface area contributed by atoms with Gasteiger partial charge in [0.15, 0.2) is 0 Å². The SMILES string of the molecule is [2H]c1c([2H])c([2H])c(-c2ccc3c(-c4ccc(-n5c(-c6c([2H])c([2H])c([2H])c([2H])c6[2H])nc6ccccc65)cc4)c4ccccc4c(-c4c([2H])c([2H])c([2H])c([2H])c4[2H])c3c2)c([2H])c1[2H]. The Bertz CT molecular complexity index is 3330. The van der Waals surface area contributed by atoms with E-state index in [0.29, 0.717) is 55.0 Å². The average Bonchev–Trinajstić information content (AvgIpc) is 3.66. The second kappa shape index (κ2) is 11.3. The molecule has 0 unspecified atom stereocenters. The van der Waals surface area contributed by atoms with Crippen molar-refractivity contribution in [2.24, 2.45) is 0 Å². The van der Waals surface area contributed by atoms with Crippen LogP contribution in [0, 0.1) is 0 Å². The number of hydrogen-bond donors (Lipinski definition) is 0. The van der Waals surface area contributed by atoms with E-state index in [0.717, 1.165) is 0 Å². The van der Waals surface area contributed by atoms with Crippen molar-refractivity contribution in [1.82, 2.24) is 9.55 Å². The van der Waals surface area contributed by atoms with Crippen molar-refractivity contribution in [1.29, 1.82) is 0 Å². The van der Waals surface area contributed by atoms with E-state index in [1.165, 1.54) is 0 Å². The van der Waals surface area contributed by atoms with Gasteiger partial charge in [-0.2, -0.15) is 0 Å². The van der Waals surface area contributed by atoms with Crippen LogP contribution in [-0.2, 0) is 0 Å². The summed E-state index contributed by atoms with van der Waals surface area (Å²) in [4.78, 5) is 4.75. The lowest BCUT2D eigenvalue weighted by Crippen LogP contribution is -1.98. The lowest BCUT2D eigenvalue weighted by molar-refractivity contribution is 1.10. The van der Waals surface area contributed by atoms with Gasteiger partial charge in [-0.1, -0.05) is 151 Å². The Kier molecular flexibility index (Phi) is 3.80. The molecule has 8 aromatic carbocycles. The monoisotopic (exact) mass is 613 g/mol. The Labute approximate surface area is 294 Å². The molecule has 1 heterocycles. The van der Waals surface area contributed by atoms with Crippen LogP contribution < -0.4 is 0 Å². The fourth-order valence-electron chi connectivity index (χ4n) is 6.28. The summed E-state index contributed by atoms with van der Waals surface area (Å²) < 4.78 is 130. The lowest BCUT2D eigenvalue weighted by atomic mass is 9.85. The summed E-state index contributed by atoms with van der Waals surface area (Å²) in [6.07, 6.45) is 0. The van der Waals surface area contributed by atoms with Gasteiger partial charge in [0.25, 0.3) is 0 Å². The molecule has 0 saturated heterocycles. The van der Waals surface area contributed by atoms with Crippen LogP contribution in [0.15, 0.2) is 182 Å². The maximum absolute atomic E-state index is 9.03. The Balaban J connectivity index is 1.35. The van der Waals surface area contributed by atoms with Crippen LogP contribution in [0.5, 0.6) is 0 Å². The zero-order chi connectivity index (χ0) is 44.2. The summed E-state index contributed by atoms with van der Waals surface area (Å²) in [5.41, 5.74) is 3.47. The zero-order valence-electron chi connectivity index (χ0n) is 39.6. The van der Waals surface area contributed by atoms with Crippen LogP contribution in [0.25, 0.3) is 83.0 Å². The predicted octanol–water partition coefficient (Wildman–Crippen LogP) is 12.0. The summed E-state index contributed by atoms with van der Waals surface area (Å²) in [5, 5.41) is 2.16. The summed E-state index contributed by atoms with van der Waals surface area (Å²) in [5.74, 6) is 0.148. The molecule has 1 aromatic heterocycles. The van der Waals surface area contributed by atoms with Gasteiger partial charge in [0.05, 0.1) is 31.6 Å². The van der Waals surface area contributed by atoms with E-state index in [2.05, 4.69) is 0 Å². The number of para-hydroxylation sites is 2. The van der Waals surface area contributed by atoms with Crippen LogP contribution in [0.4, 0.5) is 0 Å². The standard InChI is InChI=1S/C45H30N2/c1-4-14-31(15-5-1)35-26-29-39-40(30-35)44(32-16-6-2-7-17-32)38-21-11-10-20-37(38)43(39)33-24-27-36(28-25-33)47-42-23-13-12-22-41(42)46-45(47)34-18-8-3-9-19-34/h1-30H/i1D,2D,3D,4D,5D,6D,7D,8D,9D,14D,15D,16D,17D,18D,19D. The molecule has 220 valence electrons. The van der Waals surface area contributed by atoms with Crippen molar-refractivity contribution in [3.8, 4) is 50.5 Å². The minimum Gasteiger partial charge on any atom is -0.292 e. The largest absolute Gasteiger partial charge is 0.292 e. The highest BCUT2D eigenvalue weighted by Crippen LogP contribution is 2.45. The number of rotatable bonds is 5. The minimum absolute atomic E-state index is 0.0635. The minimum atomic E-state index is -0.561. The zero-order valence-corrected chi connectivity index (χ0v) is 24.6. The van der Waals surface area contributed by atoms with Gasteiger partial charge < -0.3 is 0 Å². The van der Waals surface area contributed by atoms with Crippen molar-refractivity contribution in [3.63, 3.8) is 0 Å². The van der Waals surface area contributed by atoms with E-state index >= 15 is 0 Å². The van der Waals surface area contributed by atoms with Crippen LogP contribution in [0.3, 0.4) is 0 Å². The fourth-order valence-corrected chi connectivity index (χ4v) is 6.28. The lowest BCUT2D eigenvalue weighted by Gasteiger charge is -2.19. The van der Waals surface area contributed by atoms with Gasteiger partial charge >= 0.3 is 0 Å². The Morgan fingerprint density at radius 2 is 0.957 bits per heavy atom. The number of imidazole rings is 1. The molecule has 2 heteroatoms. The van der Waals surface area contributed by atoms with E-state index in [4.69, 9.17) is 25.5 Å². The fraction of sp³-hybridized carbons (Fsp3) is 0. The Morgan fingerprint density at radius 3 is 1.64 bits per heavy atom. The van der Waals surface area contributed by atoms with E-state index in [1.807, 2.05) is 48.5 Å². The van der Waals surface area contributed by atoms with Crippen molar-refractivity contribution in [3.05, 3.63) is 182 Å². The van der Waals surface area contributed by atoms with Crippen molar-refractivity contribution in [2.75, 3.05) is 0 Å². The molecule has 0 fully saturated rings. The molecular weight excluding hydrogens is 569 g/mol. The molecule has 0 bridgehead atoms. The summed E-state index contributed by atoms with van der Waals surface area (Å²) in [6, 6.07) is 19.5. The molecule has 0 spiro atoms. The van der Waals surface area contributed by atoms with Gasteiger partial charge in [-0.3, -0.25) is 4.57 Å². The third-order valence-electron chi connectivity index (χ3n) is 8.26. The van der Waals surface area contributed by atoms with Gasteiger partial charge in [-0.05, 0) is 85.3 Å². The van der Waals surface area contributed by atoms with Gasteiger partial charge in [0.2, 0.25) is 0 Å². The number of hydrogen-bond acceptors (Lipinski definition) is 1. The Hall–Kier alpha value is -6.25. The maximum atomic E-state index is 9.03. The predicted molar refractivity (Wildman–Crippen MR) is 198 cm³/mol. The summed E-state index contributed by atoms with van der Waals surface area (Å²) in [7, 11) is 0. The number of fused-ring (bicyclic) bond motifs is 3. The molecule has 0 saturated carbocycles. The first-order valence-corrected chi connectivity index (χ1v) is 14.8. The molecule has 47 heavy (non-hydrogen) atoms. The third-order valence-corrected chi connectivity index (χ3v) is 8.26. The first-order chi connectivity index (χ1) is 29.5. The van der Waals surface area contributed by atoms with E-state index in [9.17, 15) is 0 Å². The molecule has 0 aliphatic rings. The highest BCUT2D eigenvalue weighted by Gasteiger charge is 2.19. The quantitative estimate of drug-likeness (QED) is 0.177. The van der Waals surface area contributed by atoms with Crippen LogP contribution in [-0.4, -0.2) is 9.55 Å². The molecule has 0 atom stereocenters. The first kappa shape index (κ1) is 15.8. The van der Waals surface area contributed by atoms with Crippen LogP contribution >= 0.6 is 0 Å². The number of benzene rings is 8. The molecule has 0 N–H and O–H groups in total. The Morgan fingerprint density at radius 1 is 0.426 bits per heavy atom. The normalized spacial score (nSPS) is 15.9. The molecule has 0 radical (unpaired) electrons. The van der Waals surface area contributed by atoms with Crippen molar-refractivity contribution >= 4 is 32.6 Å². The highest BCUT2D eigenvalue weighted by molar-refractivity contribution is 6.22. The molecular formula is C45H30N2. The second-order valence-corrected chi connectivity index (χ2v) is 10.9. The topological polar surface area (TPSA) is 17.8 Å². The third kappa shape index (κ3) is 4.62. The molecule has 9 rings (SSSR count). The number of aromatic nitrogens is 2. The maximum Gasteiger partial charge on any atom is 0.145 e. The molecule has 2 nitrogen and oxygen atoms in total. The average molecular weight is 614 g/mol. The van der Waals surface area contributed by atoms with Gasteiger partial charge in [-0.15, -0.1) is 0 Å². The first-order valence-electron chi connectivity index (χ1n) is 22.3. The summed E-state index contributed by atoms with van der Waals surface area (Å²) >= 11 is 0. The molecule has 9 aromatic rings. The van der Waals surface area contributed by atoms with E-state index in [-0.39, 0.29) is 28.1 Å². The molecule has 0 aliphatic heterocycles. The van der Waals surface area contributed by atoms with E-state index in [1.54, 1.807) is 47.0 Å². The van der Waals surface area contributed by atoms with E-state index < -0.39 is 90.6 Å². The number of nitrogens with zero attached hydrogens (tertiary/aromatic N) is 2.